The fourth-order valence-electron chi connectivity index (χ4n) is 3.21. The molecule has 0 radical (unpaired) electrons. The number of halogens is 3. The summed E-state index contributed by atoms with van der Waals surface area (Å²) in [6.07, 6.45) is 0. The van der Waals surface area contributed by atoms with Gasteiger partial charge in [0.25, 0.3) is 0 Å². The van der Waals surface area contributed by atoms with Crippen molar-refractivity contribution in [2.45, 2.75) is 26.4 Å². The molecule has 0 saturated heterocycles. The number of ether oxygens (including phenoxy) is 2. The van der Waals surface area contributed by atoms with E-state index in [2.05, 4.69) is 25.5 Å². The zero-order chi connectivity index (χ0) is 24.5. The Morgan fingerprint density at radius 2 is 1.76 bits per heavy atom. The van der Waals surface area contributed by atoms with E-state index in [0.717, 1.165) is 12.1 Å². The molecule has 2 aromatic heterocycles. The molecule has 0 unspecified atom stereocenters. The molecule has 8 nitrogen and oxygen atoms in total. The molecule has 4 rings (SSSR count). The van der Waals surface area contributed by atoms with Crippen LogP contribution in [0.2, 0.25) is 0 Å². The minimum atomic E-state index is -1.10. The number of aromatic amines is 1. The first-order chi connectivity index (χ1) is 16.1. The highest BCUT2D eigenvalue weighted by molar-refractivity contribution is 6.00. The minimum absolute atomic E-state index is 0.0931. The lowest BCUT2D eigenvalue weighted by Gasteiger charge is -2.19. The second-order valence-electron chi connectivity index (χ2n) is 8.07. The molecule has 0 amide bonds. The molecule has 3 N–H and O–H groups in total. The van der Waals surface area contributed by atoms with Gasteiger partial charge in [0, 0.05) is 24.2 Å². The van der Waals surface area contributed by atoms with Gasteiger partial charge in [0.15, 0.2) is 17.2 Å². The predicted molar refractivity (Wildman–Crippen MR) is 119 cm³/mol. The summed E-state index contributed by atoms with van der Waals surface area (Å²) < 4.78 is 52.2. The van der Waals surface area contributed by atoms with Crippen LogP contribution in [0.1, 0.15) is 20.8 Å². The number of nitrogens with zero attached hydrogens (tertiary/aromatic N) is 3. The molecule has 0 saturated carbocycles. The normalized spacial score (nSPS) is 11.6. The summed E-state index contributed by atoms with van der Waals surface area (Å²) in [5.74, 6) is -1.91. The minimum Gasteiger partial charge on any atom is -0.493 e. The van der Waals surface area contributed by atoms with E-state index in [1.54, 1.807) is 20.8 Å². The number of aliphatic hydroxyl groups is 1. The standard InChI is InChI=1S/C23H22F3N5O3/c1-4-33-17-10-13(25)5-7-14(17)19-18-20(27-11-23(2,3)32)28-22(29-21(18)31-30-19)34-16-8-6-12(24)9-15(16)26/h5-10,32H,4,11H2,1-3H3,(H2,27,28,29,30,31). The van der Waals surface area contributed by atoms with Gasteiger partial charge in [0.05, 0.1) is 23.3 Å². The third-order valence-electron chi connectivity index (χ3n) is 4.69. The number of hydrogen-bond acceptors (Lipinski definition) is 7. The number of benzene rings is 2. The van der Waals surface area contributed by atoms with Crippen molar-refractivity contribution in [3.63, 3.8) is 0 Å². The highest BCUT2D eigenvalue weighted by Gasteiger charge is 2.22. The second kappa shape index (κ2) is 9.18. The maximum Gasteiger partial charge on any atom is 0.326 e. The molecular weight excluding hydrogens is 451 g/mol. The number of fused-ring (bicyclic) bond motifs is 1. The molecule has 178 valence electrons. The molecule has 0 fully saturated rings. The SMILES string of the molecule is CCOc1cc(F)ccc1-c1[nH]nc2nc(Oc3ccc(F)cc3F)nc(NCC(C)(C)O)c12. The fraction of sp³-hybridized carbons (Fsp3) is 0.261. The van der Waals surface area contributed by atoms with Gasteiger partial charge in [-0.05, 0) is 45.0 Å². The topological polar surface area (TPSA) is 105 Å². The Hall–Kier alpha value is -3.86. The molecule has 0 aliphatic carbocycles. The number of anilines is 1. The number of aromatic nitrogens is 4. The van der Waals surface area contributed by atoms with Gasteiger partial charge < -0.3 is 19.9 Å². The monoisotopic (exact) mass is 473 g/mol. The maximum absolute atomic E-state index is 14.1. The first kappa shape index (κ1) is 23.3. The zero-order valence-electron chi connectivity index (χ0n) is 18.6. The van der Waals surface area contributed by atoms with Crippen molar-refractivity contribution in [2.75, 3.05) is 18.5 Å². The molecule has 0 bridgehead atoms. The van der Waals surface area contributed by atoms with Crippen LogP contribution in [0.15, 0.2) is 36.4 Å². The summed E-state index contributed by atoms with van der Waals surface area (Å²) in [5.41, 5.74) is 0.0140. The van der Waals surface area contributed by atoms with Gasteiger partial charge in [-0.15, -0.1) is 0 Å². The Bertz CT molecular complexity index is 1340. The van der Waals surface area contributed by atoms with E-state index in [9.17, 15) is 18.3 Å². The Balaban J connectivity index is 1.84. The number of hydrogen-bond donors (Lipinski definition) is 3. The van der Waals surface area contributed by atoms with Gasteiger partial charge in [0.1, 0.15) is 23.2 Å². The van der Waals surface area contributed by atoms with E-state index in [1.165, 1.54) is 18.2 Å². The Morgan fingerprint density at radius 1 is 1.03 bits per heavy atom. The van der Waals surface area contributed by atoms with Crippen LogP contribution in [-0.2, 0) is 0 Å². The third kappa shape index (κ3) is 5.04. The van der Waals surface area contributed by atoms with E-state index in [0.29, 0.717) is 29.3 Å². The smallest absolute Gasteiger partial charge is 0.326 e. The molecule has 0 spiro atoms. The molecule has 4 aromatic rings. The summed E-state index contributed by atoms with van der Waals surface area (Å²) in [7, 11) is 0. The third-order valence-corrected chi connectivity index (χ3v) is 4.69. The van der Waals surface area contributed by atoms with E-state index in [4.69, 9.17) is 9.47 Å². The largest absolute Gasteiger partial charge is 0.493 e. The summed E-state index contributed by atoms with van der Waals surface area (Å²) in [6.45, 7) is 5.39. The van der Waals surface area contributed by atoms with Crippen molar-refractivity contribution in [1.29, 1.82) is 0 Å². The molecule has 2 aromatic carbocycles. The fourth-order valence-corrected chi connectivity index (χ4v) is 3.21. The molecule has 34 heavy (non-hydrogen) atoms. The quantitative estimate of drug-likeness (QED) is 0.337. The number of nitrogens with one attached hydrogen (secondary N) is 2. The van der Waals surface area contributed by atoms with Gasteiger partial charge in [-0.25, -0.2) is 13.2 Å². The van der Waals surface area contributed by atoms with E-state index in [1.807, 2.05) is 0 Å². The van der Waals surface area contributed by atoms with Crippen LogP contribution < -0.4 is 14.8 Å². The number of rotatable bonds is 8. The highest BCUT2D eigenvalue weighted by Crippen LogP contribution is 2.37. The zero-order valence-corrected chi connectivity index (χ0v) is 18.6. The van der Waals surface area contributed by atoms with Gasteiger partial charge in [-0.3, -0.25) is 5.10 Å². The number of H-pyrrole nitrogens is 1. The molecular formula is C23H22F3N5O3. The summed E-state index contributed by atoms with van der Waals surface area (Å²) in [5, 5.41) is 20.7. The molecule has 0 aliphatic heterocycles. The van der Waals surface area contributed by atoms with Crippen LogP contribution >= 0.6 is 0 Å². The Kier molecular flexibility index (Phi) is 6.29. The Morgan fingerprint density at radius 3 is 2.47 bits per heavy atom. The first-order valence-electron chi connectivity index (χ1n) is 10.4. The average molecular weight is 473 g/mol. The Labute approximate surface area is 192 Å². The summed E-state index contributed by atoms with van der Waals surface area (Å²) in [4.78, 5) is 8.55. The van der Waals surface area contributed by atoms with Crippen LogP contribution in [0.5, 0.6) is 17.5 Å². The van der Waals surface area contributed by atoms with E-state index >= 15 is 0 Å². The second-order valence-corrected chi connectivity index (χ2v) is 8.07. The van der Waals surface area contributed by atoms with Gasteiger partial charge in [-0.2, -0.15) is 15.1 Å². The van der Waals surface area contributed by atoms with Crippen LogP contribution in [0.4, 0.5) is 19.0 Å². The maximum atomic E-state index is 14.1. The van der Waals surface area contributed by atoms with Crippen molar-refractivity contribution in [1.82, 2.24) is 20.2 Å². The predicted octanol–water partition coefficient (Wildman–Crippen LogP) is 4.81. The van der Waals surface area contributed by atoms with Crippen molar-refractivity contribution in [3.8, 4) is 28.8 Å². The van der Waals surface area contributed by atoms with Crippen LogP contribution in [-0.4, -0.2) is 44.0 Å². The van der Waals surface area contributed by atoms with Crippen LogP contribution in [0.25, 0.3) is 22.3 Å². The van der Waals surface area contributed by atoms with E-state index in [-0.39, 0.29) is 35.5 Å². The van der Waals surface area contributed by atoms with Gasteiger partial charge in [-0.1, -0.05) is 0 Å². The molecule has 0 aliphatic rings. The van der Waals surface area contributed by atoms with E-state index < -0.39 is 23.1 Å². The highest BCUT2D eigenvalue weighted by atomic mass is 19.1. The lowest BCUT2D eigenvalue weighted by molar-refractivity contribution is 0.0944. The average Bonchev–Trinajstić information content (AvgIpc) is 3.18. The van der Waals surface area contributed by atoms with Crippen molar-refractivity contribution >= 4 is 16.9 Å². The molecule has 0 atom stereocenters. The lowest BCUT2D eigenvalue weighted by atomic mass is 10.1. The van der Waals surface area contributed by atoms with Crippen molar-refractivity contribution < 1.29 is 27.8 Å². The van der Waals surface area contributed by atoms with Crippen molar-refractivity contribution in [3.05, 3.63) is 53.8 Å². The molecule has 11 heteroatoms. The lowest BCUT2D eigenvalue weighted by Crippen LogP contribution is -2.29. The van der Waals surface area contributed by atoms with Gasteiger partial charge >= 0.3 is 6.01 Å². The van der Waals surface area contributed by atoms with Crippen molar-refractivity contribution in [2.24, 2.45) is 0 Å². The summed E-state index contributed by atoms with van der Waals surface area (Å²) >= 11 is 0. The summed E-state index contributed by atoms with van der Waals surface area (Å²) in [6, 6.07) is 6.66. The van der Waals surface area contributed by atoms with Crippen LogP contribution in [0, 0.1) is 17.5 Å². The van der Waals surface area contributed by atoms with Gasteiger partial charge in [0.2, 0.25) is 0 Å². The first-order valence-corrected chi connectivity index (χ1v) is 10.4. The molecule has 2 heterocycles. The van der Waals surface area contributed by atoms with Crippen LogP contribution in [0.3, 0.4) is 0 Å².